The van der Waals surface area contributed by atoms with Gasteiger partial charge in [0.25, 0.3) is 0 Å². The molecule has 1 saturated heterocycles. The lowest BCUT2D eigenvalue weighted by Gasteiger charge is -2.36. The van der Waals surface area contributed by atoms with E-state index >= 15 is 4.39 Å². The van der Waals surface area contributed by atoms with Gasteiger partial charge in [-0.1, -0.05) is 32.3 Å². The monoisotopic (exact) mass is 652 g/mol. The van der Waals surface area contributed by atoms with Crippen LogP contribution in [0.5, 0.6) is 0 Å². The maximum Gasteiger partial charge on any atom is 0.315 e. The van der Waals surface area contributed by atoms with Crippen molar-refractivity contribution in [2.45, 2.75) is 89.8 Å². The number of nitrogens with zero attached hydrogens (tertiary/aromatic N) is 4. The summed E-state index contributed by atoms with van der Waals surface area (Å²) in [4.78, 5) is 57.7. The van der Waals surface area contributed by atoms with Crippen molar-refractivity contribution in [1.29, 1.82) is 0 Å². The number of likely N-dealkylation sites (N-methyl/N-ethyl adjacent to an activating group) is 1. The first-order valence-electron chi connectivity index (χ1n) is 17.0. The molecule has 5 amide bonds. The van der Waals surface area contributed by atoms with Gasteiger partial charge in [-0.25, -0.2) is 13.9 Å². The van der Waals surface area contributed by atoms with E-state index in [4.69, 9.17) is 0 Å². The van der Waals surface area contributed by atoms with Crippen molar-refractivity contribution in [2.24, 2.45) is 11.8 Å². The van der Waals surface area contributed by atoms with E-state index < -0.39 is 41.5 Å². The van der Waals surface area contributed by atoms with Gasteiger partial charge >= 0.3 is 6.03 Å². The second-order valence-corrected chi connectivity index (χ2v) is 13.6. The topological polar surface area (TPSA) is 141 Å². The molecule has 5 rings (SSSR count). The minimum atomic E-state index is -1.01. The first-order valence-corrected chi connectivity index (χ1v) is 17.0. The highest BCUT2D eigenvalue weighted by molar-refractivity contribution is 6.11. The van der Waals surface area contributed by atoms with Crippen molar-refractivity contribution in [3.05, 3.63) is 41.8 Å². The Hall–Kier alpha value is -4.00. The van der Waals surface area contributed by atoms with Gasteiger partial charge in [0, 0.05) is 50.2 Å². The number of hydrogen-bond donors (Lipinski definition) is 4. The van der Waals surface area contributed by atoms with E-state index in [-0.39, 0.29) is 29.6 Å². The SMILES string of the molecule is CC(C)n1nccc1NC(=O)[C@H](C(=O)Nc1ccc([C@H](C)[C@@H](NC(=O)NC2CC2)C(=O)N2CCN(C)CC2)cc1F)C1CCCCC1. The molecule has 1 aliphatic heterocycles. The second-order valence-electron chi connectivity index (χ2n) is 13.6. The molecular formula is C34H49FN8O4. The molecule has 2 aromatic rings. The van der Waals surface area contributed by atoms with E-state index in [9.17, 15) is 19.2 Å². The summed E-state index contributed by atoms with van der Waals surface area (Å²) in [6.45, 7) is 8.22. The third-order valence-electron chi connectivity index (χ3n) is 9.65. The van der Waals surface area contributed by atoms with Gasteiger partial charge in [0.15, 0.2) is 0 Å². The van der Waals surface area contributed by atoms with Crippen molar-refractivity contribution in [3.63, 3.8) is 0 Å². The highest BCUT2D eigenvalue weighted by atomic mass is 19.1. The van der Waals surface area contributed by atoms with E-state index in [1.165, 1.54) is 12.1 Å². The number of urea groups is 1. The standard InChI is InChI=1S/C34H49FN8O4/c1-21(2)43-28(14-15-36-43)39-32(45)29(23-8-6-5-7-9-23)31(44)38-27-13-10-24(20-26(27)35)22(3)30(40-34(47)37-25-11-12-25)33(46)42-18-16-41(4)17-19-42/h10,13-15,20-23,25,29-30H,5-9,11-12,16-19H2,1-4H3,(H,38,44)(H,39,45)(H2,37,40,47)/t22-,29-,30+/m0/s1. The molecule has 3 atom stereocenters. The third kappa shape index (κ3) is 8.68. The minimum absolute atomic E-state index is 0.0106. The van der Waals surface area contributed by atoms with Crippen LogP contribution in [-0.4, -0.2) is 88.6 Å². The zero-order valence-corrected chi connectivity index (χ0v) is 27.9. The Bertz CT molecular complexity index is 1430. The highest BCUT2D eigenvalue weighted by Gasteiger charge is 2.37. The number of anilines is 2. The molecule has 0 spiro atoms. The van der Waals surface area contributed by atoms with Crippen molar-refractivity contribution in [1.82, 2.24) is 30.2 Å². The maximum atomic E-state index is 15.7. The van der Waals surface area contributed by atoms with E-state index in [0.29, 0.717) is 24.5 Å². The molecule has 2 aliphatic carbocycles. The number of aromatic nitrogens is 2. The molecule has 0 bridgehead atoms. The number of amides is 5. The van der Waals surface area contributed by atoms with Crippen LogP contribution < -0.4 is 21.3 Å². The van der Waals surface area contributed by atoms with Crippen LogP contribution in [0.25, 0.3) is 0 Å². The van der Waals surface area contributed by atoms with E-state index in [2.05, 4.69) is 31.3 Å². The van der Waals surface area contributed by atoms with E-state index in [0.717, 1.165) is 58.0 Å². The third-order valence-corrected chi connectivity index (χ3v) is 9.65. The molecule has 12 nitrogen and oxygen atoms in total. The van der Waals surface area contributed by atoms with Crippen LogP contribution in [-0.2, 0) is 14.4 Å². The summed E-state index contributed by atoms with van der Waals surface area (Å²) in [5.41, 5.74) is 0.455. The molecule has 0 unspecified atom stereocenters. The second kappa shape index (κ2) is 15.3. The molecule has 3 aliphatic rings. The Morgan fingerprint density at radius 1 is 0.894 bits per heavy atom. The first-order chi connectivity index (χ1) is 22.5. The fourth-order valence-electron chi connectivity index (χ4n) is 6.58. The van der Waals surface area contributed by atoms with Crippen molar-refractivity contribution >= 4 is 35.3 Å². The molecule has 3 fully saturated rings. The van der Waals surface area contributed by atoms with Gasteiger partial charge in [-0.05, 0) is 70.2 Å². The van der Waals surface area contributed by atoms with Crippen LogP contribution in [0, 0.1) is 17.7 Å². The molecule has 2 saturated carbocycles. The average Bonchev–Trinajstić information content (AvgIpc) is 3.74. The molecule has 1 aromatic heterocycles. The summed E-state index contributed by atoms with van der Waals surface area (Å²) >= 11 is 0. The highest BCUT2D eigenvalue weighted by Crippen LogP contribution is 2.33. The maximum absolute atomic E-state index is 15.7. The van der Waals surface area contributed by atoms with Crippen LogP contribution in [0.2, 0.25) is 0 Å². The lowest BCUT2D eigenvalue weighted by molar-refractivity contribution is -0.135. The fourth-order valence-corrected chi connectivity index (χ4v) is 6.58. The summed E-state index contributed by atoms with van der Waals surface area (Å²) in [6.07, 6.45) is 7.78. The van der Waals surface area contributed by atoms with Gasteiger partial charge in [-0.15, -0.1) is 0 Å². The van der Waals surface area contributed by atoms with Crippen LogP contribution in [0.3, 0.4) is 0 Å². The molecule has 0 radical (unpaired) electrons. The zero-order valence-electron chi connectivity index (χ0n) is 27.9. The smallest absolute Gasteiger partial charge is 0.315 e. The summed E-state index contributed by atoms with van der Waals surface area (Å²) in [5.74, 6) is -3.14. The van der Waals surface area contributed by atoms with E-state index in [1.807, 2.05) is 20.9 Å². The Morgan fingerprint density at radius 2 is 1.57 bits per heavy atom. The normalized spacial score (nSPS) is 19.5. The van der Waals surface area contributed by atoms with Crippen LogP contribution in [0.1, 0.15) is 83.2 Å². The lowest BCUT2D eigenvalue weighted by Crippen LogP contribution is -2.57. The quantitative estimate of drug-likeness (QED) is 0.270. The predicted molar refractivity (Wildman–Crippen MR) is 177 cm³/mol. The van der Waals surface area contributed by atoms with Crippen molar-refractivity contribution in [3.8, 4) is 0 Å². The zero-order chi connectivity index (χ0) is 33.7. The number of hydrogen-bond acceptors (Lipinski definition) is 6. The van der Waals surface area contributed by atoms with Gasteiger partial charge in [-0.3, -0.25) is 14.4 Å². The molecule has 2 heterocycles. The molecule has 13 heteroatoms. The lowest BCUT2D eigenvalue weighted by atomic mass is 9.79. The summed E-state index contributed by atoms with van der Waals surface area (Å²) in [7, 11) is 2.00. The van der Waals surface area contributed by atoms with Crippen molar-refractivity contribution < 1.29 is 23.6 Å². The number of nitrogens with one attached hydrogen (secondary N) is 4. The number of rotatable bonds is 11. The number of benzene rings is 1. The van der Waals surface area contributed by atoms with Crippen LogP contribution >= 0.6 is 0 Å². The molecule has 47 heavy (non-hydrogen) atoms. The Morgan fingerprint density at radius 3 is 2.21 bits per heavy atom. The number of halogens is 1. The molecular weight excluding hydrogens is 603 g/mol. The minimum Gasteiger partial charge on any atom is -0.338 e. The molecule has 256 valence electrons. The van der Waals surface area contributed by atoms with E-state index in [1.54, 1.807) is 34.8 Å². The Labute approximate surface area is 276 Å². The number of piperazine rings is 1. The van der Waals surface area contributed by atoms with Crippen LogP contribution in [0.15, 0.2) is 30.5 Å². The van der Waals surface area contributed by atoms with Gasteiger partial charge < -0.3 is 31.1 Å². The summed E-state index contributed by atoms with van der Waals surface area (Å²) in [5, 5.41) is 15.6. The first kappa shape index (κ1) is 34.3. The number of carbonyl (C=O) groups excluding carboxylic acids is 4. The van der Waals surface area contributed by atoms with Gasteiger partial charge in [0.1, 0.15) is 23.6 Å². The molecule has 1 aromatic carbocycles. The summed E-state index contributed by atoms with van der Waals surface area (Å²) < 4.78 is 17.4. The van der Waals surface area contributed by atoms with Crippen LogP contribution in [0.4, 0.5) is 20.7 Å². The number of carbonyl (C=O) groups is 4. The molecule has 4 N–H and O–H groups in total. The average molecular weight is 653 g/mol. The summed E-state index contributed by atoms with van der Waals surface area (Å²) in [6, 6.07) is 4.91. The predicted octanol–water partition coefficient (Wildman–Crippen LogP) is 4.08. The largest absolute Gasteiger partial charge is 0.338 e. The Balaban J connectivity index is 1.32. The van der Waals surface area contributed by atoms with Gasteiger partial charge in [0.05, 0.1) is 11.9 Å². The van der Waals surface area contributed by atoms with Crippen molar-refractivity contribution in [2.75, 3.05) is 43.9 Å². The fraction of sp³-hybridized carbons (Fsp3) is 0.618. The van der Waals surface area contributed by atoms with Gasteiger partial charge in [-0.2, -0.15) is 5.10 Å². The Kier molecular flexibility index (Phi) is 11.2. The van der Waals surface area contributed by atoms with Gasteiger partial charge in [0.2, 0.25) is 17.7 Å².